The second-order valence-electron chi connectivity index (χ2n) is 4.23. The molecule has 0 bridgehead atoms. The van der Waals surface area contributed by atoms with Crippen LogP contribution < -0.4 is 0 Å². The van der Waals surface area contributed by atoms with Crippen LogP contribution in [0.1, 0.15) is 16.1 Å². The van der Waals surface area contributed by atoms with Crippen LogP contribution in [0, 0.1) is 0 Å². The van der Waals surface area contributed by atoms with Crippen LogP contribution in [-0.2, 0) is 0 Å². The number of hydrogen-bond donors (Lipinski definition) is 1. The number of para-hydroxylation sites is 1. The zero-order valence-corrected chi connectivity index (χ0v) is 9.42. The van der Waals surface area contributed by atoms with E-state index in [4.69, 9.17) is 0 Å². The largest absolute Gasteiger partial charge is 0.345 e. The fourth-order valence-electron chi connectivity index (χ4n) is 2.49. The van der Waals surface area contributed by atoms with E-state index in [1.807, 2.05) is 41.1 Å². The van der Waals surface area contributed by atoms with Crippen LogP contribution in [0.4, 0.5) is 0 Å². The molecule has 4 nitrogen and oxygen atoms in total. The van der Waals surface area contributed by atoms with Gasteiger partial charge in [0.25, 0.3) is 0 Å². The number of carbonyl (C=O) groups excluding carboxylic acids is 1. The summed E-state index contributed by atoms with van der Waals surface area (Å²) in [5, 5.41) is 0. The van der Waals surface area contributed by atoms with E-state index in [0.717, 1.165) is 22.6 Å². The highest BCUT2D eigenvalue weighted by Crippen LogP contribution is 2.34. The normalized spacial score (nSPS) is 12.6. The first-order valence-corrected chi connectivity index (χ1v) is 5.71. The zero-order valence-electron chi connectivity index (χ0n) is 9.42. The molecule has 0 spiro atoms. The van der Waals surface area contributed by atoms with Crippen molar-refractivity contribution in [2.45, 2.75) is 0 Å². The van der Waals surface area contributed by atoms with E-state index in [9.17, 15) is 4.79 Å². The standard InChI is InChI=1S/C14H9N3O/c18-13-9-3-1-4-10(14-15-6-7-16-14)12(9)17-8-2-5-11(13)17/h1-8H,(H,15,16). The van der Waals surface area contributed by atoms with Gasteiger partial charge in [-0.2, -0.15) is 0 Å². The minimum atomic E-state index is 0.0726. The summed E-state index contributed by atoms with van der Waals surface area (Å²) >= 11 is 0. The molecule has 0 amide bonds. The number of aromatic amines is 1. The Labute approximate surface area is 103 Å². The third kappa shape index (κ3) is 1.04. The fourth-order valence-corrected chi connectivity index (χ4v) is 2.49. The molecule has 0 unspecified atom stereocenters. The Bertz CT molecular complexity index is 753. The number of rotatable bonds is 1. The molecule has 1 aromatic carbocycles. The van der Waals surface area contributed by atoms with Crippen molar-refractivity contribution in [2.75, 3.05) is 0 Å². The molecule has 4 heteroatoms. The molecule has 0 saturated carbocycles. The average Bonchev–Trinajstić information content (AvgIpc) is 3.10. The molecule has 0 radical (unpaired) electrons. The molecule has 2 aromatic heterocycles. The molecule has 1 aliphatic rings. The maximum Gasteiger partial charge on any atom is 0.211 e. The molecule has 18 heavy (non-hydrogen) atoms. The molecule has 0 atom stereocenters. The molecule has 0 aliphatic carbocycles. The lowest BCUT2D eigenvalue weighted by molar-refractivity contribution is 0.104. The van der Waals surface area contributed by atoms with Gasteiger partial charge < -0.3 is 9.55 Å². The lowest BCUT2D eigenvalue weighted by atomic mass is 10.0. The fraction of sp³-hybridized carbons (Fsp3) is 0. The van der Waals surface area contributed by atoms with Crippen molar-refractivity contribution in [1.29, 1.82) is 0 Å². The van der Waals surface area contributed by atoms with Gasteiger partial charge in [-0.3, -0.25) is 4.79 Å². The van der Waals surface area contributed by atoms with Crippen LogP contribution >= 0.6 is 0 Å². The van der Waals surface area contributed by atoms with Crippen LogP contribution in [0.3, 0.4) is 0 Å². The number of aromatic nitrogens is 3. The van der Waals surface area contributed by atoms with E-state index in [2.05, 4.69) is 9.97 Å². The lowest BCUT2D eigenvalue weighted by Crippen LogP contribution is -1.94. The van der Waals surface area contributed by atoms with Crippen LogP contribution in [0.5, 0.6) is 0 Å². The summed E-state index contributed by atoms with van der Waals surface area (Å²) in [5.41, 5.74) is 3.31. The van der Waals surface area contributed by atoms with Crippen molar-refractivity contribution in [1.82, 2.24) is 14.5 Å². The summed E-state index contributed by atoms with van der Waals surface area (Å²) in [6.07, 6.45) is 5.40. The Hall–Kier alpha value is -2.62. The van der Waals surface area contributed by atoms with Gasteiger partial charge in [0.05, 0.1) is 11.4 Å². The predicted octanol–water partition coefficient (Wildman–Crippen LogP) is 2.41. The third-order valence-corrected chi connectivity index (χ3v) is 3.26. The van der Waals surface area contributed by atoms with Crippen molar-refractivity contribution in [2.24, 2.45) is 0 Å². The van der Waals surface area contributed by atoms with Crippen LogP contribution in [0.15, 0.2) is 48.9 Å². The van der Waals surface area contributed by atoms with E-state index < -0.39 is 0 Å². The number of nitrogens with one attached hydrogen (secondary N) is 1. The van der Waals surface area contributed by atoms with Gasteiger partial charge in [-0.15, -0.1) is 0 Å². The first-order chi connectivity index (χ1) is 8.86. The van der Waals surface area contributed by atoms with E-state index in [0.29, 0.717) is 5.69 Å². The molecule has 86 valence electrons. The first kappa shape index (κ1) is 9.41. The minimum Gasteiger partial charge on any atom is -0.345 e. The number of H-pyrrole nitrogens is 1. The van der Waals surface area contributed by atoms with Crippen molar-refractivity contribution in [3.63, 3.8) is 0 Å². The van der Waals surface area contributed by atoms with Crippen molar-refractivity contribution in [3.8, 4) is 17.1 Å². The Balaban J connectivity index is 2.09. The van der Waals surface area contributed by atoms with E-state index in [1.54, 1.807) is 12.4 Å². The summed E-state index contributed by atoms with van der Waals surface area (Å²) in [6, 6.07) is 9.45. The second-order valence-corrected chi connectivity index (χ2v) is 4.23. The Morgan fingerprint density at radius 3 is 2.83 bits per heavy atom. The summed E-state index contributed by atoms with van der Waals surface area (Å²) < 4.78 is 1.93. The van der Waals surface area contributed by atoms with Crippen molar-refractivity contribution >= 4 is 5.78 Å². The molecule has 1 N–H and O–H groups in total. The quantitative estimate of drug-likeness (QED) is 0.550. The van der Waals surface area contributed by atoms with Gasteiger partial charge in [0, 0.05) is 29.7 Å². The Morgan fingerprint density at radius 1 is 1.11 bits per heavy atom. The molecule has 3 heterocycles. The minimum absolute atomic E-state index is 0.0726. The zero-order chi connectivity index (χ0) is 12.1. The van der Waals surface area contributed by atoms with Crippen LogP contribution in [-0.4, -0.2) is 20.3 Å². The van der Waals surface area contributed by atoms with E-state index in [-0.39, 0.29) is 5.78 Å². The molecule has 1 aliphatic heterocycles. The third-order valence-electron chi connectivity index (χ3n) is 3.26. The smallest absolute Gasteiger partial charge is 0.211 e. The summed E-state index contributed by atoms with van der Waals surface area (Å²) in [4.78, 5) is 19.6. The van der Waals surface area contributed by atoms with Gasteiger partial charge in [0.1, 0.15) is 5.82 Å². The average molecular weight is 235 g/mol. The SMILES string of the molecule is O=C1c2cccc(-c3ncc[nH]3)c2-n2cccc21. The highest BCUT2D eigenvalue weighted by Gasteiger charge is 2.28. The maximum atomic E-state index is 12.2. The van der Waals surface area contributed by atoms with Gasteiger partial charge in [-0.05, 0) is 24.3 Å². The Kier molecular flexibility index (Phi) is 1.67. The summed E-state index contributed by atoms with van der Waals surface area (Å²) in [7, 11) is 0. The van der Waals surface area contributed by atoms with Gasteiger partial charge in [0.2, 0.25) is 5.78 Å². The van der Waals surface area contributed by atoms with E-state index in [1.165, 1.54) is 0 Å². The topological polar surface area (TPSA) is 50.7 Å². The van der Waals surface area contributed by atoms with Crippen LogP contribution in [0.2, 0.25) is 0 Å². The number of ketones is 1. The molecular formula is C14H9N3O. The molecule has 3 aromatic rings. The van der Waals surface area contributed by atoms with Gasteiger partial charge >= 0.3 is 0 Å². The first-order valence-electron chi connectivity index (χ1n) is 5.71. The van der Waals surface area contributed by atoms with Gasteiger partial charge in [-0.1, -0.05) is 6.07 Å². The van der Waals surface area contributed by atoms with Gasteiger partial charge in [0.15, 0.2) is 0 Å². The van der Waals surface area contributed by atoms with Crippen molar-refractivity contribution in [3.05, 3.63) is 60.2 Å². The molecule has 0 saturated heterocycles. The summed E-state index contributed by atoms with van der Waals surface area (Å²) in [5.74, 6) is 0.851. The lowest BCUT2D eigenvalue weighted by Gasteiger charge is -2.07. The number of fused-ring (bicyclic) bond motifs is 3. The van der Waals surface area contributed by atoms with Crippen LogP contribution in [0.25, 0.3) is 17.1 Å². The molecular weight excluding hydrogens is 226 g/mol. The maximum absolute atomic E-state index is 12.2. The highest BCUT2D eigenvalue weighted by molar-refractivity contribution is 6.15. The number of nitrogens with zero attached hydrogens (tertiary/aromatic N) is 2. The summed E-state index contributed by atoms with van der Waals surface area (Å²) in [6.45, 7) is 0. The highest BCUT2D eigenvalue weighted by atomic mass is 16.1. The van der Waals surface area contributed by atoms with E-state index >= 15 is 0 Å². The predicted molar refractivity (Wildman–Crippen MR) is 66.8 cm³/mol. The monoisotopic (exact) mass is 235 g/mol. The number of benzene rings is 1. The number of imidazole rings is 1. The second kappa shape index (κ2) is 3.20. The number of hydrogen-bond acceptors (Lipinski definition) is 2. The molecule has 4 rings (SSSR count). The number of carbonyl (C=O) groups is 1. The van der Waals surface area contributed by atoms with Gasteiger partial charge in [-0.25, -0.2) is 4.98 Å². The molecule has 0 fully saturated rings. The van der Waals surface area contributed by atoms with Crippen molar-refractivity contribution < 1.29 is 4.79 Å². The Morgan fingerprint density at radius 2 is 2.00 bits per heavy atom.